The molecule has 1 N–H and O–H groups in total. The molecule has 0 aliphatic carbocycles. The molecule has 0 saturated carbocycles. The second-order valence-corrected chi connectivity index (χ2v) is 5.44. The van der Waals surface area contributed by atoms with Gasteiger partial charge in [0.05, 0.1) is 19.1 Å². The van der Waals surface area contributed by atoms with Crippen LogP contribution in [0.3, 0.4) is 0 Å². The van der Waals surface area contributed by atoms with Crippen LogP contribution in [0.15, 0.2) is 33.6 Å². The molecule has 0 radical (unpaired) electrons. The van der Waals surface area contributed by atoms with E-state index in [1.54, 1.807) is 6.92 Å². The topological polar surface area (TPSA) is 46.5 Å². The summed E-state index contributed by atoms with van der Waals surface area (Å²) in [6.07, 6.45) is -0.611. The molecule has 5 heteroatoms. The molecular weight excluding hydrogens is 304 g/mol. The van der Waals surface area contributed by atoms with Crippen LogP contribution in [0.5, 0.6) is 0 Å². The van der Waals surface area contributed by atoms with Crippen molar-refractivity contribution < 1.29 is 14.6 Å². The lowest BCUT2D eigenvalue weighted by molar-refractivity contribution is -0.144. The third-order valence-corrected chi connectivity index (χ3v) is 3.65. The second-order valence-electron chi connectivity index (χ2n) is 3.43. The van der Waals surface area contributed by atoms with Crippen molar-refractivity contribution in [2.75, 3.05) is 12.4 Å². The molecule has 0 bridgehead atoms. The maximum atomic E-state index is 11.1. The maximum Gasteiger partial charge on any atom is 0.308 e. The minimum Gasteiger partial charge on any atom is -0.466 e. The number of halogens is 1. The summed E-state index contributed by atoms with van der Waals surface area (Å²) in [5.74, 6) is 0.136. The number of aliphatic hydroxyl groups is 1. The van der Waals surface area contributed by atoms with Gasteiger partial charge in [0, 0.05) is 15.1 Å². The lowest BCUT2D eigenvalue weighted by Crippen LogP contribution is -2.17. The van der Waals surface area contributed by atoms with Crippen molar-refractivity contribution in [3.05, 3.63) is 28.7 Å². The van der Waals surface area contributed by atoms with E-state index in [1.807, 2.05) is 24.3 Å². The first-order valence-electron chi connectivity index (χ1n) is 5.34. The van der Waals surface area contributed by atoms with Gasteiger partial charge in [-0.1, -0.05) is 15.9 Å². The van der Waals surface area contributed by atoms with Gasteiger partial charge in [0.15, 0.2) is 0 Å². The first-order chi connectivity index (χ1) is 8.11. The predicted molar refractivity (Wildman–Crippen MR) is 72.1 cm³/mol. The van der Waals surface area contributed by atoms with Gasteiger partial charge in [-0.3, -0.25) is 4.79 Å². The highest BCUT2D eigenvalue weighted by atomic mass is 79.9. The normalized spacial score (nSPS) is 12.2. The summed E-state index contributed by atoms with van der Waals surface area (Å²) in [5.41, 5.74) is 0. The van der Waals surface area contributed by atoms with Crippen LogP contribution >= 0.6 is 27.7 Å². The monoisotopic (exact) mass is 318 g/mol. The van der Waals surface area contributed by atoms with E-state index in [0.717, 1.165) is 9.37 Å². The number of aliphatic hydroxyl groups excluding tert-OH is 1. The standard InChI is InChI=1S/C12H15BrO3S/c1-2-16-12(15)7-10(14)8-17-11-5-3-9(13)4-6-11/h3-6,10,14H,2,7-8H2,1H3. The van der Waals surface area contributed by atoms with Crippen LogP contribution in [0.2, 0.25) is 0 Å². The zero-order valence-electron chi connectivity index (χ0n) is 9.56. The highest BCUT2D eigenvalue weighted by molar-refractivity contribution is 9.10. The van der Waals surface area contributed by atoms with Gasteiger partial charge >= 0.3 is 5.97 Å². The number of carbonyl (C=O) groups excluding carboxylic acids is 1. The van der Waals surface area contributed by atoms with Crippen molar-refractivity contribution in [3.8, 4) is 0 Å². The van der Waals surface area contributed by atoms with E-state index in [4.69, 9.17) is 4.74 Å². The van der Waals surface area contributed by atoms with Gasteiger partial charge in [-0.2, -0.15) is 0 Å². The van der Waals surface area contributed by atoms with Crippen molar-refractivity contribution in [1.82, 2.24) is 0 Å². The summed E-state index contributed by atoms with van der Waals surface area (Å²) in [5, 5.41) is 9.63. The smallest absolute Gasteiger partial charge is 0.308 e. The Kier molecular flexibility index (Phi) is 6.62. The first kappa shape index (κ1) is 14.5. The zero-order chi connectivity index (χ0) is 12.7. The van der Waals surface area contributed by atoms with Crippen LogP contribution in [-0.2, 0) is 9.53 Å². The molecule has 94 valence electrons. The molecule has 1 atom stereocenters. The van der Waals surface area contributed by atoms with Gasteiger partial charge in [0.2, 0.25) is 0 Å². The molecule has 17 heavy (non-hydrogen) atoms. The Labute approximate surface area is 114 Å². The lowest BCUT2D eigenvalue weighted by atomic mass is 10.3. The number of thioether (sulfide) groups is 1. The summed E-state index contributed by atoms with van der Waals surface area (Å²) in [6, 6.07) is 7.82. The average Bonchev–Trinajstić information content (AvgIpc) is 2.28. The maximum absolute atomic E-state index is 11.1. The van der Waals surface area contributed by atoms with Crippen molar-refractivity contribution in [1.29, 1.82) is 0 Å². The van der Waals surface area contributed by atoms with Crippen LogP contribution in [0, 0.1) is 0 Å². The molecule has 0 aliphatic rings. The summed E-state index contributed by atoms with van der Waals surface area (Å²) in [4.78, 5) is 12.2. The molecule has 1 unspecified atom stereocenters. The molecule has 0 aliphatic heterocycles. The van der Waals surface area contributed by atoms with E-state index in [1.165, 1.54) is 11.8 Å². The fourth-order valence-corrected chi connectivity index (χ4v) is 2.29. The fraction of sp³-hybridized carbons (Fsp3) is 0.417. The van der Waals surface area contributed by atoms with Gasteiger partial charge in [-0.25, -0.2) is 0 Å². The zero-order valence-corrected chi connectivity index (χ0v) is 12.0. The summed E-state index contributed by atoms with van der Waals surface area (Å²) in [7, 11) is 0. The molecule has 0 amide bonds. The van der Waals surface area contributed by atoms with Crippen molar-refractivity contribution in [2.45, 2.75) is 24.3 Å². The van der Waals surface area contributed by atoms with Gasteiger partial charge < -0.3 is 9.84 Å². The Balaban J connectivity index is 2.30. The molecule has 1 aromatic carbocycles. The molecule has 0 saturated heterocycles. The average molecular weight is 319 g/mol. The van der Waals surface area contributed by atoms with E-state index in [-0.39, 0.29) is 12.4 Å². The second kappa shape index (κ2) is 7.74. The fourth-order valence-electron chi connectivity index (χ4n) is 1.19. The molecule has 3 nitrogen and oxygen atoms in total. The van der Waals surface area contributed by atoms with E-state index in [0.29, 0.717) is 12.4 Å². The highest BCUT2D eigenvalue weighted by Gasteiger charge is 2.11. The lowest BCUT2D eigenvalue weighted by Gasteiger charge is -2.09. The van der Waals surface area contributed by atoms with E-state index < -0.39 is 6.10 Å². The molecule has 1 aromatic rings. The quantitative estimate of drug-likeness (QED) is 0.647. The number of ether oxygens (including phenoxy) is 1. The number of benzene rings is 1. The number of hydrogen-bond donors (Lipinski definition) is 1. The first-order valence-corrected chi connectivity index (χ1v) is 7.11. The van der Waals surface area contributed by atoms with Gasteiger partial charge in [0.25, 0.3) is 0 Å². The summed E-state index contributed by atoms with van der Waals surface area (Å²) >= 11 is 4.87. The van der Waals surface area contributed by atoms with Gasteiger partial charge in [0.1, 0.15) is 0 Å². The Hall–Kier alpha value is -0.520. The van der Waals surface area contributed by atoms with E-state index in [2.05, 4.69) is 15.9 Å². The van der Waals surface area contributed by atoms with Gasteiger partial charge in [-0.05, 0) is 31.2 Å². The number of hydrogen-bond acceptors (Lipinski definition) is 4. The summed E-state index contributed by atoms with van der Waals surface area (Å²) in [6.45, 7) is 2.10. The van der Waals surface area contributed by atoms with Crippen LogP contribution in [0.25, 0.3) is 0 Å². The van der Waals surface area contributed by atoms with Crippen LogP contribution in [0.1, 0.15) is 13.3 Å². The van der Waals surface area contributed by atoms with E-state index in [9.17, 15) is 9.90 Å². The SMILES string of the molecule is CCOC(=O)CC(O)CSc1ccc(Br)cc1. The Morgan fingerprint density at radius 2 is 2.12 bits per heavy atom. The minimum absolute atomic E-state index is 0.0529. The van der Waals surface area contributed by atoms with Crippen LogP contribution < -0.4 is 0 Å². The Bertz CT molecular complexity index is 353. The molecular formula is C12H15BrO3S. The highest BCUT2D eigenvalue weighted by Crippen LogP contribution is 2.21. The number of esters is 1. The van der Waals surface area contributed by atoms with Gasteiger partial charge in [-0.15, -0.1) is 11.8 Å². The minimum atomic E-state index is -0.664. The van der Waals surface area contributed by atoms with E-state index >= 15 is 0 Å². The third-order valence-electron chi connectivity index (χ3n) is 1.96. The van der Waals surface area contributed by atoms with Crippen LogP contribution in [-0.4, -0.2) is 29.5 Å². The largest absolute Gasteiger partial charge is 0.466 e. The van der Waals surface area contributed by atoms with Crippen LogP contribution in [0.4, 0.5) is 0 Å². The predicted octanol–water partition coefficient (Wildman–Crippen LogP) is 2.86. The van der Waals surface area contributed by atoms with Crippen molar-refractivity contribution in [3.63, 3.8) is 0 Å². The number of carbonyl (C=O) groups is 1. The Morgan fingerprint density at radius 3 is 2.71 bits per heavy atom. The number of rotatable bonds is 6. The third kappa shape index (κ3) is 6.10. The Morgan fingerprint density at radius 1 is 1.47 bits per heavy atom. The molecule has 0 spiro atoms. The molecule has 0 heterocycles. The molecule has 1 rings (SSSR count). The van der Waals surface area contributed by atoms with Crippen molar-refractivity contribution in [2.24, 2.45) is 0 Å². The molecule has 0 fully saturated rings. The summed E-state index contributed by atoms with van der Waals surface area (Å²) < 4.78 is 5.79. The van der Waals surface area contributed by atoms with Crippen molar-refractivity contribution >= 4 is 33.7 Å². The molecule has 0 aromatic heterocycles.